The fraction of sp³-hybridized carbons (Fsp3) is 0.294. The van der Waals surface area contributed by atoms with Gasteiger partial charge in [-0.25, -0.2) is 9.37 Å². The quantitative estimate of drug-likeness (QED) is 0.253. The fourth-order valence-corrected chi connectivity index (χ4v) is 3.37. The topological polar surface area (TPSA) is 70.7 Å². The Morgan fingerprint density at radius 3 is 3.08 bits per heavy atom. The maximum absolute atomic E-state index is 13.2. The molecule has 1 unspecified atom stereocenters. The Kier molecular flexibility index (Phi) is 5.55. The Bertz CT molecular complexity index is 878. The van der Waals surface area contributed by atoms with Crippen LogP contribution in [-0.2, 0) is 13.0 Å². The summed E-state index contributed by atoms with van der Waals surface area (Å²) in [6, 6.07) is 5.69. The number of aromatic nitrogens is 1. The minimum Gasteiger partial charge on any atom is -0.456 e. The molecule has 1 atom stereocenters. The number of hydrogen-bond acceptors (Lipinski definition) is 6. The second-order valence-electron chi connectivity index (χ2n) is 5.61. The average molecular weight is 382 g/mol. The molecular formula is C17H17ClFN3O2S. The highest BCUT2D eigenvalue weighted by atomic mass is 35.5. The largest absolute Gasteiger partial charge is 0.456 e. The van der Waals surface area contributed by atoms with Crippen LogP contribution in [-0.4, -0.2) is 22.6 Å². The molecule has 132 valence electrons. The lowest BCUT2D eigenvalue weighted by molar-refractivity contribution is 0.321. The van der Waals surface area contributed by atoms with Gasteiger partial charge in [0.2, 0.25) is 0 Å². The number of fused-ring (bicyclic) bond motifs is 1. The minimum atomic E-state index is -0.958. The summed E-state index contributed by atoms with van der Waals surface area (Å²) in [4.78, 5) is 5.45. The number of furan rings is 1. The Balaban J connectivity index is 2.00. The van der Waals surface area contributed by atoms with Crippen molar-refractivity contribution in [1.82, 2.24) is 4.98 Å². The van der Waals surface area contributed by atoms with E-state index in [4.69, 9.17) is 21.2 Å². The number of nitrogens with one attached hydrogen (secondary N) is 1. The highest BCUT2D eigenvalue weighted by Crippen LogP contribution is 2.33. The van der Waals surface area contributed by atoms with Crippen LogP contribution in [0.3, 0.4) is 0 Å². The predicted molar refractivity (Wildman–Crippen MR) is 98.9 cm³/mol. The molecule has 3 heterocycles. The van der Waals surface area contributed by atoms with Crippen LogP contribution in [0.2, 0.25) is 5.15 Å². The van der Waals surface area contributed by atoms with E-state index in [1.165, 1.54) is 13.1 Å². The zero-order valence-electron chi connectivity index (χ0n) is 13.5. The van der Waals surface area contributed by atoms with Crippen LogP contribution in [0, 0.1) is 0 Å². The van der Waals surface area contributed by atoms with E-state index in [0.29, 0.717) is 52.7 Å². The molecule has 0 aliphatic rings. The maximum atomic E-state index is 13.2. The van der Waals surface area contributed by atoms with Crippen LogP contribution >= 0.6 is 22.9 Å². The van der Waals surface area contributed by atoms with Crippen LogP contribution in [0.5, 0.6) is 0 Å². The number of oxime groups is 1. The minimum absolute atomic E-state index is 0.292. The van der Waals surface area contributed by atoms with Gasteiger partial charge >= 0.3 is 0 Å². The molecule has 3 rings (SSSR count). The Morgan fingerprint density at radius 2 is 2.40 bits per heavy atom. The average Bonchev–Trinajstić information content (AvgIpc) is 3.20. The third-order valence-electron chi connectivity index (χ3n) is 3.71. The molecule has 2 N–H and O–H groups in total. The van der Waals surface area contributed by atoms with Crippen molar-refractivity contribution in [2.24, 2.45) is 5.16 Å². The molecule has 0 saturated carbocycles. The Morgan fingerprint density at radius 1 is 1.56 bits per heavy atom. The monoisotopic (exact) mass is 381 g/mol. The van der Waals surface area contributed by atoms with E-state index in [9.17, 15) is 4.39 Å². The van der Waals surface area contributed by atoms with Crippen molar-refractivity contribution in [1.29, 1.82) is 0 Å². The first-order valence-corrected chi connectivity index (χ1v) is 9.04. The van der Waals surface area contributed by atoms with E-state index in [1.54, 1.807) is 17.4 Å². The fourth-order valence-electron chi connectivity index (χ4n) is 2.53. The highest BCUT2D eigenvalue weighted by Gasteiger charge is 2.19. The van der Waals surface area contributed by atoms with Crippen molar-refractivity contribution in [2.45, 2.75) is 32.5 Å². The number of pyridine rings is 1. The van der Waals surface area contributed by atoms with Gasteiger partial charge in [-0.1, -0.05) is 22.8 Å². The van der Waals surface area contributed by atoms with E-state index in [1.807, 2.05) is 17.5 Å². The number of thiophene rings is 1. The first-order valence-electron chi connectivity index (χ1n) is 7.78. The van der Waals surface area contributed by atoms with Gasteiger partial charge in [-0.3, -0.25) is 0 Å². The summed E-state index contributed by atoms with van der Waals surface area (Å²) < 4.78 is 19.1. The van der Waals surface area contributed by atoms with Gasteiger partial charge in [0, 0.05) is 23.9 Å². The smallest absolute Gasteiger partial charge is 0.176 e. The van der Waals surface area contributed by atoms with Crippen LogP contribution in [0.15, 0.2) is 33.2 Å². The van der Waals surface area contributed by atoms with Crippen LogP contribution in [0.1, 0.15) is 29.5 Å². The second-order valence-corrected chi connectivity index (χ2v) is 7.03. The molecule has 0 saturated heterocycles. The maximum Gasteiger partial charge on any atom is 0.176 e. The van der Waals surface area contributed by atoms with Gasteiger partial charge in [-0.05, 0) is 24.8 Å². The summed E-state index contributed by atoms with van der Waals surface area (Å²) in [7, 11) is 0. The van der Waals surface area contributed by atoms with E-state index in [-0.39, 0.29) is 0 Å². The molecule has 0 spiro atoms. The van der Waals surface area contributed by atoms with Gasteiger partial charge in [0.25, 0.3) is 0 Å². The molecule has 0 aliphatic heterocycles. The summed E-state index contributed by atoms with van der Waals surface area (Å²) in [5.74, 6) is 0.520. The first-order chi connectivity index (χ1) is 12.1. The number of halogens is 2. The first kappa shape index (κ1) is 17.7. The molecular weight excluding hydrogens is 365 g/mol. The molecule has 0 fully saturated rings. The van der Waals surface area contributed by atoms with Gasteiger partial charge in [0.15, 0.2) is 5.58 Å². The normalized spacial score (nSPS) is 12.9. The predicted octanol–water partition coefficient (Wildman–Crippen LogP) is 5.25. The standard InChI is InChI=1S/C17H17ClFN3O2S/c1-10(19)4-5-14-12(9-21-23)16-17(24-14)13(7-15(18)22-16)20-8-11-3-2-6-25-11/h2-3,6-7,9-10,23H,4-5,8H2,1H3,(H,20,22)/b21-9-. The van der Waals surface area contributed by atoms with Crippen LogP contribution in [0.25, 0.3) is 11.1 Å². The molecule has 3 aromatic rings. The van der Waals surface area contributed by atoms with Crippen LogP contribution in [0.4, 0.5) is 10.1 Å². The lowest BCUT2D eigenvalue weighted by Crippen LogP contribution is -1.98. The van der Waals surface area contributed by atoms with E-state index < -0.39 is 6.17 Å². The molecule has 0 bridgehead atoms. The van der Waals surface area contributed by atoms with Gasteiger partial charge < -0.3 is 14.9 Å². The van der Waals surface area contributed by atoms with Gasteiger partial charge in [-0.15, -0.1) is 11.3 Å². The van der Waals surface area contributed by atoms with E-state index in [0.717, 1.165) is 4.88 Å². The van der Waals surface area contributed by atoms with Gasteiger partial charge in [0.1, 0.15) is 16.4 Å². The molecule has 5 nitrogen and oxygen atoms in total. The highest BCUT2D eigenvalue weighted by molar-refractivity contribution is 7.09. The molecule has 3 aromatic heterocycles. The number of hydrogen-bond donors (Lipinski definition) is 2. The van der Waals surface area contributed by atoms with Crippen molar-refractivity contribution in [2.75, 3.05) is 5.32 Å². The lowest BCUT2D eigenvalue weighted by atomic mass is 10.1. The van der Waals surface area contributed by atoms with Crippen molar-refractivity contribution in [3.8, 4) is 0 Å². The molecule has 0 radical (unpaired) electrons. The SMILES string of the molecule is CC(F)CCc1oc2c(NCc3cccs3)cc(Cl)nc2c1/C=N\O. The molecule has 0 aliphatic carbocycles. The van der Waals surface area contributed by atoms with Crippen LogP contribution < -0.4 is 5.32 Å². The van der Waals surface area contributed by atoms with Gasteiger partial charge in [-0.2, -0.15) is 0 Å². The number of rotatable bonds is 7. The van der Waals surface area contributed by atoms with Crippen molar-refractivity contribution >= 4 is 45.9 Å². The Hall–Kier alpha value is -2.12. The molecule has 0 aromatic carbocycles. The summed E-state index contributed by atoms with van der Waals surface area (Å²) in [6.45, 7) is 2.11. The van der Waals surface area contributed by atoms with E-state index >= 15 is 0 Å². The molecule has 8 heteroatoms. The summed E-state index contributed by atoms with van der Waals surface area (Å²) in [5, 5.41) is 17.6. The van der Waals surface area contributed by atoms with Gasteiger partial charge in [0.05, 0.1) is 23.6 Å². The lowest BCUT2D eigenvalue weighted by Gasteiger charge is -2.06. The number of alkyl halides is 1. The number of aryl methyl sites for hydroxylation is 1. The second kappa shape index (κ2) is 7.84. The number of anilines is 1. The zero-order chi connectivity index (χ0) is 17.8. The third kappa shape index (κ3) is 4.11. The molecule has 25 heavy (non-hydrogen) atoms. The molecule has 0 amide bonds. The summed E-state index contributed by atoms with van der Waals surface area (Å²) in [5.41, 5.74) is 2.20. The van der Waals surface area contributed by atoms with Crippen molar-refractivity contribution < 1.29 is 14.0 Å². The third-order valence-corrected chi connectivity index (χ3v) is 4.78. The van der Waals surface area contributed by atoms with E-state index in [2.05, 4.69) is 15.5 Å². The summed E-state index contributed by atoms with van der Waals surface area (Å²) >= 11 is 7.78. The number of nitrogens with zero attached hydrogens (tertiary/aromatic N) is 2. The summed E-state index contributed by atoms with van der Waals surface area (Å²) in [6.07, 6.45) is 0.964. The zero-order valence-corrected chi connectivity index (χ0v) is 15.1. The Labute approximate surface area is 153 Å². The van der Waals surface area contributed by atoms with Crippen molar-refractivity contribution in [3.05, 3.63) is 44.9 Å². The van der Waals surface area contributed by atoms with Crippen molar-refractivity contribution in [3.63, 3.8) is 0 Å².